The Kier molecular flexibility index (Phi) is 8.31. The molecule has 1 aromatic rings. The summed E-state index contributed by atoms with van der Waals surface area (Å²) < 4.78 is 0. The van der Waals surface area contributed by atoms with Gasteiger partial charge in [0.2, 0.25) is 5.91 Å². The summed E-state index contributed by atoms with van der Waals surface area (Å²) >= 11 is 0. The summed E-state index contributed by atoms with van der Waals surface area (Å²) in [4.78, 5) is 22.3. The Labute approximate surface area is 185 Å². The fraction of sp³-hybridized carbons (Fsp3) is 0.346. The lowest BCUT2D eigenvalue weighted by atomic mass is 9.72. The molecular formula is C26H32N2O3. The summed E-state index contributed by atoms with van der Waals surface area (Å²) in [6.07, 6.45) is 15.4. The monoisotopic (exact) mass is 420 g/mol. The lowest BCUT2D eigenvalue weighted by Crippen LogP contribution is -2.19. The molecule has 0 heterocycles. The third-order valence-electron chi connectivity index (χ3n) is 5.48. The smallest absolute Gasteiger partial charge is 0.269 e. The summed E-state index contributed by atoms with van der Waals surface area (Å²) in [6, 6.07) is 5.74. The Balaban J connectivity index is 1.95. The number of anilines is 1. The number of nitro benzene ring substituents is 1. The van der Waals surface area contributed by atoms with Crippen molar-refractivity contribution in [2.45, 2.75) is 53.9 Å². The molecule has 0 spiro atoms. The number of allylic oxidation sites excluding steroid dienone is 9. The van der Waals surface area contributed by atoms with Crippen LogP contribution in [0, 0.1) is 15.5 Å². The molecule has 0 bridgehead atoms. The molecule has 1 aliphatic carbocycles. The van der Waals surface area contributed by atoms with Crippen LogP contribution < -0.4 is 5.32 Å². The highest BCUT2D eigenvalue weighted by Gasteiger charge is 2.26. The largest absolute Gasteiger partial charge is 0.322 e. The van der Waals surface area contributed by atoms with Crippen LogP contribution in [0.2, 0.25) is 0 Å². The predicted molar refractivity (Wildman–Crippen MR) is 128 cm³/mol. The van der Waals surface area contributed by atoms with Gasteiger partial charge in [-0.2, -0.15) is 0 Å². The lowest BCUT2D eigenvalue weighted by Gasteiger charge is -2.32. The Morgan fingerprint density at radius 1 is 1.13 bits per heavy atom. The van der Waals surface area contributed by atoms with E-state index in [1.165, 1.54) is 60.8 Å². The second-order valence-corrected chi connectivity index (χ2v) is 8.72. The quantitative estimate of drug-likeness (QED) is 0.222. The molecule has 0 aromatic heterocycles. The molecule has 31 heavy (non-hydrogen) atoms. The molecule has 0 fully saturated rings. The van der Waals surface area contributed by atoms with Crippen LogP contribution in [-0.2, 0) is 4.79 Å². The van der Waals surface area contributed by atoms with E-state index in [-0.39, 0.29) is 17.0 Å². The lowest BCUT2D eigenvalue weighted by molar-refractivity contribution is -0.384. The average Bonchev–Trinajstić information content (AvgIpc) is 2.67. The first-order valence-corrected chi connectivity index (χ1v) is 10.6. The molecule has 0 saturated carbocycles. The van der Waals surface area contributed by atoms with Crippen LogP contribution in [0.4, 0.5) is 11.4 Å². The van der Waals surface area contributed by atoms with Crippen molar-refractivity contribution < 1.29 is 9.72 Å². The van der Waals surface area contributed by atoms with Crippen LogP contribution in [0.5, 0.6) is 0 Å². The van der Waals surface area contributed by atoms with Gasteiger partial charge in [-0.15, -0.1) is 0 Å². The van der Waals surface area contributed by atoms with Crippen LogP contribution in [0.1, 0.15) is 53.9 Å². The van der Waals surface area contributed by atoms with E-state index < -0.39 is 4.92 Å². The van der Waals surface area contributed by atoms with Crippen molar-refractivity contribution in [3.8, 4) is 0 Å². The van der Waals surface area contributed by atoms with Gasteiger partial charge < -0.3 is 5.32 Å². The first-order valence-electron chi connectivity index (χ1n) is 10.6. The topological polar surface area (TPSA) is 72.2 Å². The van der Waals surface area contributed by atoms with Crippen LogP contribution in [0.3, 0.4) is 0 Å². The number of amides is 1. The van der Waals surface area contributed by atoms with Crippen LogP contribution in [0.25, 0.3) is 0 Å². The van der Waals surface area contributed by atoms with E-state index in [0.29, 0.717) is 5.69 Å². The highest BCUT2D eigenvalue weighted by atomic mass is 16.6. The Hall–Kier alpha value is -3.21. The zero-order valence-electron chi connectivity index (χ0n) is 19.1. The number of carbonyl (C=O) groups excluding carboxylic acids is 1. The summed E-state index contributed by atoms with van der Waals surface area (Å²) in [7, 11) is 0. The van der Waals surface area contributed by atoms with Gasteiger partial charge in [-0.05, 0) is 68.7 Å². The van der Waals surface area contributed by atoms with Crippen molar-refractivity contribution in [1.29, 1.82) is 0 Å². The van der Waals surface area contributed by atoms with E-state index >= 15 is 0 Å². The maximum absolute atomic E-state index is 12.1. The van der Waals surface area contributed by atoms with Gasteiger partial charge in [0.1, 0.15) is 0 Å². The minimum atomic E-state index is -0.473. The number of rotatable bonds is 7. The molecular weight excluding hydrogens is 388 g/mol. The van der Waals surface area contributed by atoms with E-state index in [1.807, 2.05) is 25.2 Å². The highest BCUT2D eigenvalue weighted by Crippen LogP contribution is 2.40. The molecule has 1 N–H and O–H groups in total. The Morgan fingerprint density at radius 3 is 2.42 bits per heavy atom. The summed E-state index contributed by atoms with van der Waals surface area (Å²) in [6.45, 7) is 10.8. The maximum Gasteiger partial charge on any atom is 0.269 e. The maximum atomic E-state index is 12.1. The normalized spacial score (nSPS) is 17.5. The third kappa shape index (κ3) is 7.52. The number of benzene rings is 1. The molecule has 2 rings (SSSR count). The predicted octanol–water partition coefficient (Wildman–Crippen LogP) is 7.06. The fourth-order valence-electron chi connectivity index (χ4n) is 3.73. The molecule has 1 aliphatic rings. The number of non-ortho nitro benzene ring substituents is 1. The van der Waals surface area contributed by atoms with E-state index in [4.69, 9.17) is 0 Å². The van der Waals surface area contributed by atoms with E-state index in [0.717, 1.165) is 11.1 Å². The van der Waals surface area contributed by atoms with Crippen molar-refractivity contribution >= 4 is 17.3 Å². The van der Waals surface area contributed by atoms with Crippen LogP contribution >= 0.6 is 0 Å². The van der Waals surface area contributed by atoms with E-state index in [9.17, 15) is 14.9 Å². The molecule has 1 aromatic carbocycles. The number of nitrogens with one attached hydrogen (secondary N) is 1. The summed E-state index contributed by atoms with van der Waals surface area (Å²) in [5.74, 6) is -0.279. The molecule has 164 valence electrons. The van der Waals surface area contributed by atoms with Gasteiger partial charge in [0, 0.05) is 23.9 Å². The van der Waals surface area contributed by atoms with Crippen LogP contribution in [0.15, 0.2) is 83.0 Å². The first-order chi connectivity index (χ1) is 14.6. The Bertz CT molecular complexity index is 974. The number of hydrogen-bond acceptors (Lipinski definition) is 3. The van der Waals surface area contributed by atoms with Crippen molar-refractivity contribution in [2.24, 2.45) is 5.41 Å². The van der Waals surface area contributed by atoms with E-state index in [2.05, 4.69) is 45.2 Å². The number of carbonyl (C=O) groups is 1. The number of hydrogen-bond donors (Lipinski definition) is 1. The summed E-state index contributed by atoms with van der Waals surface area (Å²) in [5.41, 5.74) is 5.59. The Morgan fingerprint density at radius 2 is 1.81 bits per heavy atom. The summed E-state index contributed by atoms with van der Waals surface area (Å²) in [5, 5.41) is 13.4. The van der Waals surface area contributed by atoms with E-state index in [1.54, 1.807) is 0 Å². The van der Waals surface area contributed by atoms with Crippen LogP contribution in [-0.4, -0.2) is 10.8 Å². The van der Waals surface area contributed by atoms with Gasteiger partial charge >= 0.3 is 0 Å². The van der Waals surface area contributed by atoms with Gasteiger partial charge in [-0.3, -0.25) is 14.9 Å². The van der Waals surface area contributed by atoms with Gasteiger partial charge in [0.25, 0.3) is 5.69 Å². The van der Waals surface area contributed by atoms with Gasteiger partial charge in [0.15, 0.2) is 0 Å². The number of nitro groups is 1. The van der Waals surface area contributed by atoms with Gasteiger partial charge in [-0.25, -0.2) is 0 Å². The minimum absolute atomic E-state index is 0.0117. The average molecular weight is 421 g/mol. The molecule has 0 unspecified atom stereocenters. The zero-order chi connectivity index (χ0) is 23.0. The van der Waals surface area contributed by atoms with Crippen molar-refractivity contribution in [1.82, 2.24) is 0 Å². The zero-order valence-corrected chi connectivity index (χ0v) is 19.1. The molecule has 1 amide bonds. The molecule has 0 radical (unpaired) electrons. The standard InChI is InChI=1S/C26H32N2O3/c1-19(11-16-24-21(3)10-7-17-26(24,4)5)8-6-9-20(2)18-25(29)27-22-12-14-23(15-13-22)28(30)31/h6,8-9,11-16,18H,7,10,17H2,1-5H3,(H,27,29)/b9-6+,16-11+,19-8+,20-18+. The molecule has 0 atom stereocenters. The molecule has 0 saturated heterocycles. The fourth-order valence-corrected chi connectivity index (χ4v) is 3.73. The van der Waals surface area contributed by atoms with Gasteiger partial charge in [-0.1, -0.05) is 55.4 Å². The van der Waals surface area contributed by atoms with Gasteiger partial charge in [0.05, 0.1) is 4.92 Å². The van der Waals surface area contributed by atoms with Crippen molar-refractivity contribution in [3.63, 3.8) is 0 Å². The highest BCUT2D eigenvalue weighted by molar-refractivity contribution is 6.00. The third-order valence-corrected chi connectivity index (χ3v) is 5.48. The second-order valence-electron chi connectivity index (χ2n) is 8.72. The second kappa shape index (κ2) is 10.7. The first kappa shape index (κ1) is 24.1. The molecule has 0 aliphatic heterocycles. The van der Waals surface area contributed by atoms with Crippen molar-refractivity contribution in [2.75, 3.05) is 5.32 Å². The SMILES string of the molecule is CC1=C(/C=C/C(C)=C/C=C/C(C)=C/C(=O)Nc2ccc([N+](=O)[O-])cc2)C(C)(C)CCC1. The molecule has 5 nitrogen and oxygen atoms in total. The van der Waals surface area contributed by atoms with Crippen molar-refractivity contribution in [3.05, 3.63) is 93.1 Å². The number of nitrogens with zero attached hydrogens (tertiary/aromatic N) is 1. The molecule has 5 heteroatoms. The minimum Gasteiger partial charge on any atom is -0.322 e.